The van der Waals surface area contributed by atoms with Gasteiger partial charge in [-0.05, 0) is 37.4 Å². The van der Waals surface area contributed by atoms with Crippen molar-refractivity contribution < 1.29 is 8.42 Å². The van der Waals surface area contributed by atoms with Crippen LogP contribution in [0.1, 0.15) is 5.56 Å². The van der Waals surface area contributed by atoms with Crippen molar-refractivity contribution in [3.05, 3.63) is 48.0 Å². The quantitative estimate of drug-likeness (QED) is 0.754. The normalized spacial score (nSPS) is 17.7. The zero-order chi connectivity index (χ0) is 19.9. The van der Waals surface area contributed by atoms with Crippen LogP contribution in [0.4, 0.5) is 5.69 Å². The molecule has 1 saturated heterocycles. The first-order valence-corrected chi connectivity index (χ1v) is 11.5. The maximum Gasteiger partial charge on any atom is 0.242 e. The van der Waals surface area contributed by atoms with Crippen molar-refractivity contribution in [2.45, 2.75) is 14.7 Å². The minimum Gasteiger partial charge on any atom is -0.354 e. The highest BCUT2D eigenvalue weighted by atomic mass is 32.2. The van der Waals surface area contributed by atoms with Crippen LogP contribution in [0.25, 0.3) is 0 Å². The highest BCUT2D eigenvalue weighted by molar-refractivity contribution is 7.99. The number of fused-ring (bicyclic) bond motifs is 2. The van der Waals surface area contributed by atoms with Gasteiger partial charge < -0.3 is 9.80 Å². The molecule has 0 aromatic heterocycles. The summed E-state index contributed by atoms with van der Waals surface area (Å²) < 4.78 is 26.7. The van der Waals surface area contributed by atoms with E-state index in [1.807, 2.05) is 24.3 Å². The number of hydrogen-bond acceptors (Lipinski definition) is 6. The van der Waals surface area contributed by atoms with E-state index in [2.05, 4.69) is 22.9 Å². The first kappa shape index (κ1) is 19.4. The smallest absolute Gasteiger partial charge is 0.242 e. The number of piperazine rings is 1. The molecule has 0 saturated carbocycles. The number of hydrogen-bond donors (Lipinski definition) is 0. The Morgan fingerprint density at radius 2 is 1.71 bits per heavy atom. The molecule has 2 aliphatic rings. The summed E-state index contributed by atoms with van der Waals surface area (Å²) in [6.45, 7) is 3.65. The summed E-state index contributed by atoms with van der Waals surface area (Å²) in [6.07, 6.45) is 0. The molecule has 6 nitrogen and oxygen atoms in total. The lowest BCUT2D eigenvalue weighted by molar-refractivity contribution is 0.215. The summed E-state index contributed by atoms with van der Waals surface area (Å²) in [5.74, 6) is 0.858. The molecular formula is C20H24N4O2S2. The molecule has 4 rings (SSSR count). The Morgan fingerprint density at radius 3 is 2.43 bits per heavy atom. The number of aliphatic imine (C=N–C) groups is 1. The summed E-state index contributed by atoms with van der Waals surface area (Å²) in [4.78, 5) is 12.0. The molecule has 2 aliphatic heterocycles. The van der Waals surface area contributed by atoms with Crippen molar-refractivity contribution in [2.75, 3.05) is 47.3 Å². The van der Waals surface area contributed by atoms with Crippen molar-refractivity contribution in [3.8, 4) is 0 Å². The second-order valence-electron chi connectivity index (χ2n) is 7.24. The molecular weight excluding hydrogens is 392 g/mol. The van der Waals surface area contributed by atoms with Gasteiger partial charge in [-0.3, -0.25) is 0 Å². The topological polar surface area (TPSA) is 56.2 Å². The largest absolute Gasteiger partial charge is 0.354 e. The van der Waals surface area contributed by atoms with E-state index in [9.17, 15) is 8.42 Å². The fourth-order valence-corrected chi connectivity index (χ4v) is 5.26. The van der Waals surface area contributed by atoms with E-state index in [0.29, 0.717) is 4.90 Å². The number of nitrogens with zero attached hydrogens (tertiary/aromatic N) is 4. The van der Waals surface area contributed by atoms with Gasteiger partial charge in [0.05, 0.1) is 10.6 Å². The van der Waals surface area contributed by atoms with E-state index in [4.69, 9.17) is 4.99 Å². The summed E-state index contributed by atoms with van der Waals surface area (Å²) in [6, 6.07) is 13.4. The average Bonchev–Trinajstić information content (AvgIpc) is 2.84. The van der Waals surface area contributed by atoms with Crippen molar-refractivity contribution >= 4 is 33.3 Å². The Hall–Kier alpha value is -1.87. The molecule has 2 heterocycles. The first-order chi connectivity index (χ1) is 13.4. The summed E-state index contributed by atoms with van der Waals surface area (Å²) in [5.41, 5.74) is 1.81. The van der Waals surface area contributed by atoms with E-state index >= 15 is 0 Å². The number of amidine groups is 1. The zero-order valence-electron chi connectivity index (χ0n) is 16.3. The SMILES string of the molecule is CN1CCN(C2=Nc3ccccc3Sc3ccc(S(=O)(=O)N(C)C)cc32)CC1. The molecule has 0 N–H and O–H groups in total. The number of likely N-dealkylation sites (N-methyl/N-ethyl adjacent to an activating group) is 1. The van der Waals surface area contributed by atoms with Gasteiger partial charge >= 0.3 is 0 Å². The molecule has 0 bridgehead atoms. The highest BCUT2D eigenvalue weighted by Gasteiger charge is 2.27. The number of rotatable bonds is 2. The fraction of sp³-hybridized carbons (Fsp3) is 0.350. The first-order valence-electron chi connectivity index (χ1n) is 9.22. The number of benzene rings is 2. The lowest BCUT2D eigenvalue weighted by Crippen LogP contribution is -2.47. The fourth-order valence-electron chi connectivity index (χ4n) is 3.33. The summed E-state index contributed by atoms with van der Waals surface area (Å²) in [7, 11) is 1.72. The van der Waals surface area contributed by atoms with Crippen LogP contribution >= 0.6 is 11.8 Å². The molecule has 0 aliphatic carbocycles. The molecule has 8 heteroatoms. The van der Waals surface area contributed by atoms with Gasteiger partial charge in [-0.25, -0.2) is 17.7 Å². The van der Waals surface area contributed by atoms with Crippen LogP contribution in [-0.4, -0.2) is 75.7 Å². The Bertz CT molecular complexity index is 1030. The molecule has 2 aromatic rings. The van der Waals surface area contributed by atoms with Gasteiger partial charge in [0.2, 0.25) is 10.0 Å². The van der Waals surface area contributed by atoms with Gasteiger partial charge in [-0.1, -0.05) is 23.9 Å². The van der Waals surface area contributed by atoms with Crippen LogP contribution < -0.4 is 0 Å². The Labute approximate surface area is 170 Å². The Balaban J connectivity index is 1.87. The predicted octanol–water partition coefficient (Wildman–Crippen LogP) is 2.73. The van der Waals surface area contributed by atoms with E-state index in [-0.39, 0.29) is 0 Å². The average molecular weight is 417 g/mol. The maximum absolute atomic E-state index is 12.7. The predicted molar refractivity (Wildman–Crippen MR) is 113 cm³/mol. The van der Waals surface area contributed by atoms with E-state index in [1.54, 1.807) is 38.0 Å². The lowest BCUT2D eigenvalue weighted by Gasteiger charge is -2.35. The van der Waals surface area contributed by atoms with E-state index in [0.717, 1.165) is 53.1 Å². The molecule has 1 fully saturated rings. The highest BCUT2D eigenvalue weighted by Crippen LogP contribution is 2.41. The van der Waals surface area contributed by atoms with Crippen LogP contribution in [0.5, 0.6) is 0 Å². The lowest BCUT2D eigenvalue weighted by atomic mass is 10.1. The van der Waals surface area contributed by atoms with Crippen LogP contribution in [0, 0.1) is 0 Å². The van der Waals surface area contributed by atoms with Crippen molar-refractivity contribution in [2.24, 2.45) is 4.99 Å². The minimum absolute atomic E-state index is 0.296. The zero-order valence-corrected chi connectivity index (χ0v) is 17.9. The van der Waals surface area contributed by atoms with Crippen LogP contribution in [0.3, 0.4) is 0 Å². The minimum atomic E-state index is -3.51. The molecule has 148 valence electrons. The molecule has 0 unspecified atom stereocenters. The third-order valence-electron chi connectivity index (χ3n) is 5.08. The second-order valence-corrected chi connectivity index (χ2v) is 10.5. The van der Waals surface area contributed by atoms with Crippen LogP contribution in [-0.2, 0) is 10.0 Å². The van der Waals surface area contributed by atoms with E-state index in [1.165, 1.54) is 4.31 Å². The molecule has 28 heavy (non-hydrogen) atoms. The standard InChI is InChI=1S/C20H24N4O2S2/c1-22(2)28(25,26)15-8-9-18-16(14-15)20(24-12-10-23(3)11-13-24)21-17-6-4-5-7-19(17)27-18/h4-9,14H,10-13H2,1-3H3. The van der Waals surface area contributed by atoms with Gasteiger partial charge in [0, 0.05) is 55.6 Å². The summed E-state index contributed by atoms with van der Waals surface area (Å²) >= 11 is 1.64. The van der Waals surface area contributed by atoms with Gasteiger partial charge in [0.15, 0.2) is 0 Å². The van der Waals surface area contributed by atoms with Gasteiger partial charge in [-0.15, -0.1) is 0 Å². The van der Waals surface area contributed by atoms with Gasteiger partial charge in [0.25, 0.3) is 0 Å². The monoisotopic (exact) mass is 416 g/mol. The van der Waals surface area contributed by atoms with Gasteiger partial charge in [0.1, 0.15) is 5.84 Å². The van der Waals surface area contributed by atoms with Crippen molar-refractivity contribution in [3.63, 3.8) is 0 Å². The molecule has 0 amide bonds. The van der Waals surface area contributed by atoms with Crippen molar-refractivity contribution in [1.29, 1.82) is 0 Å². The third kappa shape index (κ3) is 3.57. The molecule has 2 aromatic carbocycles. The number of para-hydroxylation sites is 1. The third-order valence-corrected chi connectivity index (χ3v) is 8.04. The Morgan fingerprint density at radius 1 is 1.00 bits per heavy atom. The van der Waals surface area contributed by atoms with Gasteiger partial charge in [-0.2, -0.15) is 0 Å². The molecule has 0 atom stereocenters. The van der Waals surface area contributed by atoms with Crippen molar-refractivity contribution in [1.82, 2.24) is 14.1 Å². The second kappa shape index (κ2) is 7.51. The number of sulfonamides is 1. The maximum atomic E-state index is 12.7. The molecule has 0 radical (unpaired) electrons. The summed E-state index contributed by atoms with van der Waals surface area (Å²) in [5, 5.41) is 0. The van der Waals surface area contributed by atoms with Crippen LogP contribution in [0.15, 0.2) is 62.1 Å². The Kier molecular flexibility index (Phi) is 5.22. The van der Waals surface area contributed by atoms with E-state index < -0.39 is 10.0 Å². The van der Waals surface area contributed by atoms with Crippen LogP contribution in [0.2, 0.25) is 0 Å². The molecule has 0 spiro atoms.